The molecule has 8 nitrogen and oxygen atoms in total. The number of pyridine rings is 1. The van der Waals surface area contributed by atoms with Crippen LogP contribution in [-0.2, 0) is 4.74 Å². The summed E-state index contributed by atoms with van der Waals surface area (Å²) in [6.07, 6.45) is 1.40. The molecule has 8 heteroatoms. The number of nitrogens with zero attached hydrogens (tertiary/aromatic N) is 3. The molecule has 4 aromatic rings. The van der Waals surface area contributed by atoms with Gasteiger partial charge in [0, 0.05) is 16.8 Å². The number of hydrogen-bond acceptors (Lipinski definition) is 8. The molecule has 0 spiro atoms. The van der Waals surface area contributed by atoms with Gasteiger partial charge in [0.25, 0.3) is 0 Å². The molecular formula is C22H20N6O2. The lowest BCUT2D eigenvalue weighted by atomic mass is 10.1. The Labute approximate surface area is 173 Å². The molecule has 0 atom stereocenters. The Morgan fingerprint density at radius 2 is 1.63 bits per heavy atom. The van der Waals surface area contributed by atoms with Crippen LogP contribution in [0.25, 0.3) is 10.9 Å². The topological polar surface area (TPSA) is 115 Å². The van der Waals surface area contributed by atoms with E-state index >= 15 is 0 Å². The van der Waals surface area contributed by atoms with Gasteiger partial charge in [-0.3, -0.25) is 4.98 Å². The molecule has 0 saturated heterocycles. The number of carbonyl (C=O) groups is 1. The first-order valence-corrected chi connectivity index (χ1v) is 9.25. The van der Waals surface area contributed by atoms with Gasteiger partial charge >= 0.3 is 5.97 Å². The highest BCUT2D eigenvalue weighted by Crippen LogP contribution is 2.31. The summed E-state index contributed by atoms with van der Waals surface area (Å²) in [7, 11) is 1.33. The first-order valence-electron chi connectivity index (χ1n) is 9.25. The summed E-state index contributed by atoms with van der Waals surface area (Å²) >= 11 is 0. The summed E-state index contributed by atoms with van der Waals surface area (Å²) in [5.41, 5.74) is 10.2. The minimum Gasteiger partial charge on any atom is -0.465 e. The third-order valence-electron chi connectivity index (χ3n) is 4.59. The number of rotatable bonds is 5. The maximum Gasteiger partial charge on any atom is 0.339 e. The third kappa shape index (κ3) is 3.70. The van der Waals surface area contributed by atoms with Gasteiger partial charge in [-0.05, 0) is 43.3 Å². The van der Waals surface area contributed by atoms with Crippen molar-refractivity contribution in [2.24, 2.45) is 0 Å². The zero-order valence-corrected chi connectivity index (χ0v) is 16.5. The van der Waals surface area contributed by atoms with Gasteiger partial charge in [0.1, 0.15) is 12.0 Å². The zero-order chi connectivity index (χ0) is 21.1. The Hall–Kier alpha value is -4.20. The van der Waals surface area contributed by atoms with Crippen molar-refractivity contribution in [3.8, 4) is 0 Å². The quantitative estimate of drug-likeness (QED) is 0.427. The highest BCUT2D eigenvalue weighted by molar-refractivity contribution is 5.98. The number of methoxy groups -OCH3 is 1. The van der Waals surface area contributed by atoms with E-state index in [1.54, 1.807) is 24.3 Å². The lowest BCUT2D eigenvalue weighted by Gasteiger charge is -2.15. The Balaban J connectivity index is 1.68. The molecule has 2 aromatic carbocycles. The molecule has 0 aliphatic carbocycles. The number of hydrogen-bond donors (Lipinski definition) is 3. The summed E-state index contributed by atoms with van der Waals surface area (Å²) in [5.74, 6) is 0.358. The van der Waals surface area contributed by atoms with E-state index in [1.165, 1.54) is 13.4 Å². The van der Waals surface area contributed by atoms with E-state index in [0.29, 0.717) is 28.6 Å². The summed E-state index contributed by atoms with van der Waals surface area (Å²) in [6.45, 7) is 1.95. The number of esters is 1. The van der Waals surface area contributed by atoms with Crippen LogP contribution in [0.15, 0.2) is 60.9 Å². The lowest BCUT2D eigenvalue weighted by molar-refractivity contribution is 0.0602. The maximum atomic E-state index is 12.0. The summed E-state index contributed by atoms with van der Waals surface area (Å²) < 4.78 is 4.84. The molecule has 4 N–H and O–H groups in total. The second-order valence-corrected chi connectivity index (χ2v) is 6.60. The van der Waals surface area contributed by atoms with Gasteiger partial charge in [-0.15, -0.1) is 0 Å². The molecule has 4 rings (SSSR count). The molecule has 0 unspecified atom stereocenters. The number of nitrogen functional groups attached to an aromatic ring is 1. The standard InChI is InChI=1S/C22H20N6O2/c1-13-10-11-14-16(26-13)8-5-9-17(14)27-20-19(23)21(25-12-24-20)28-18-7-4-3-6-15(18)22(29)30-2/h3-12H,23H2,1-2H3,(H2,24,25,27,28). The van der Waals surface area contributed by atoms with Gasteiger partial charge in [-0.25, -0.2) is 14.8 Å². The van der Waals surface area contributed by atoms with E-state index in [-0.39, 0.29) is 0 Å². The molecule has 30 heavy (non-hydrogen) atoms. The molecule has 0 radical (unpaired) electrons. The molecule has 0 saturated carbocycles. The fraction of sp³-hybridized carbons (Fsp3) is 0.0909. The second-order valence-electron chi connectivity index (χ2n) is 6.60. The number of nitrogens with one attached hydrogen (secondary N) is 2. The number of ether oxygens (including phenoxy) is 1. The number of aryl methyl sites for hydroxylation is 1. The summed E-state index contributed by atoms with van der Waals surface area (Å²) in [5, 5.41) is 7.31. The van der Waals surface area contributed by atoms with Crippen molar-refractivity contribution < 1.29 is 9.53 Å². The van der Waals surface area contributed by atoms with Crippen LogP contribution in [0.2, 0.25) is 0 Å². The van der Waals surface area contributed by atoms with Crippen molar-refractivity contribution in [2.45, 2.75) is 6.92 Å². The monoisotopic (exact) mass is 400 g/mol. The largest absolute Gasteiger partial charge is 0.465 e. The number of para-hydroxylation sites is 1. The van der Waals surface area contributed by atoms with Crippen LogP contribution >= 0.6 is 0 Å². The Kier molecular flexibility index (Phi) is 5.13. The van der Waals surface area contributed by atoms with Crippen molar-refractivity contribution in [2.75, 3.05) is 23.5 Å². The van der Waals surface area contributed by atoms with Crippen LogP contribution in [0.3, 0.4) is 0 Å². The van der Waals surface area contributed by atoms with Gasteiger partial charge in [-0.2, -0.15) is 0 Å². The Bertz CT molecular complexity index is 1240. The fourth-order valence-corrected chi connectivity index (χ4v) is 3.10. The van der Waals surface area contributed by atoms with E-state index in [9.17, 15) is 4.79 Å². The summed E-state index contributed by atoms with van der Waals surface area (Å²) in [6, 6.07) is 16.7. The highest BCUT2D eigenvalue weighted by Gasteiger charge is 2.15. The van der Waals surface area contributed by atoms with E-state index in [0.717, 1.165) is 22.3 Å². The highest BCUT2D eigenvalue weighted by atomic mass is 16.5. The van der Waals surface area contributed by atoms with E-state index < -0.39 is 5.97 Å². The number of fused-ring (bicyclic) bond motifs is 1. The fourth-order valence-electron chi connectivity index (χ4n) is 3.10. The molecule has 0 amide bonds. The van der Waals surface area contributed by atoms with Crippen LogP contribution in [0, 0.1) is 6.92 Å². The first-order chi connectivity index (χ1) is 14.6. The van der Waals surface area contributed by atoms with Crippen molar-refractivity contribution in [1.29, 1.82) is 0 Å². The molecule has 0 bridgehead atoms. The zero-order valence-electron chi connectivity index (χ0n) is 16.5. The number of aromatic nitrogens is 3. The lowest BCUT2D eigenvalue weighted by Crippen LogP contribution is -2.09. The first kappa shape index (κ1) is 19.1. The maximum absolute atomic E-state index is 12.0. The van der Waals surface area contributed by atoms with E-state index in [2.05, 4.69) is 25.6 Å². The van der Waals surface area contributed by atoms with Gasteiger partial charge in [0.2, 0.25) is 0 Å². The minimum atomic E-state index is -0.456. The Morgan fingerprint density at radius 1 is 0.933 bits per heavy atom. The van der Waals surface area contributed by atoms with Gasteiger partial charge in [0.15, 0.2) is 11.6 Å². The third-order valence-corrected chi connectivity index (χ3v) is 4.59. The second kappa shape index (κ2) is 8.04. The van der Waals surface area contributed by atoms with Gasteiger partial charge in [0.05, 0.1) is 23.9 Å². The van der Waals surface area contributed by atoms with Gasteiger partial charge in [-0.1, -0.05) is 18.2 Å². The predicted octanol–water partition coefficient (Wildman–Crippen LogP) is 4.19. The van der Waals surface area contributed by atoms with E-state index in [4.69, 9.17) is 10.5 Å². The molecule has 2 heterocycles. The van der Waals surface area contributed by atoms with E-state index in [1.807, 2.05) is 37.3 Å². The minimum absolute atomic E-state index is 0.314. The van der Waals surface area contributed by atoms with Crippen LogP contribution in [0.4, 0.5) is 28.7 Å². The molecule has 0 aliphatic heterocycles. The molecule has 0 fully saturated rings. The Morgan fingerprint density at radius 3 is 2.40 bits per heavy atom. The van der Waals surface area contributed by atoms with Crippen LogP contribution in [0.5, 0.6) is 0 Å². The molecule has 150 valence electrons. The average molecular weight is 400 g/mol. The molecule has 2 aromatic heterocycles. The van der Waals surface area contributed by atoms with Crippen molar-refractivity contribution >= 4 is 45.6 Å². The number of anilines is 5. The van der Waals surface area contributed by atoms with Crippen LogP contribution in [-0.4, -0.2) is 28.0 Å². The van der Waals surface area contributed by atoms with Crippen molar-refractivity contribution in [3.05, 3.63) is 72.2 Å². The van der Waals surface area contributed by atoms with Crippen LogP contribution in [0.1, 0.15) is 16.1 Å². The van der Waals surface area contributed by atoms with Crippen molar-refractivity contribution in [3.63, 3.8) is 0 Å². The predicted molar refractivity (Wildman–Crippen MR) is 117 cm³/mol. The summed E-state index contributed by atoms with van der Waals surface area (Å²) in [4.78, 5) is 25.1. The SMILES string of the molecule is COC(=O)c1ccccc1Nc1ncnc(Nc2cccc3nc(C)ccc23)c1N. The number of nitrogens with two attached hydrogens (primary N) is 1. The molecular weight excluding hydrogens is 380 g/mol. The number of carbonyl (C=O) groups excluding carboxylic acids is 1. The number of benzene rings is 2. The average Bonchev–Trinajstić information content (AvgIpc) is 2.76. The normalized spacial score (nSPS) is 10.6. The van der Waals surface area contributed by atoms with Crippen LogP contribution < -0.4 is 16.4 Å². The molecule has 0 aliphatic rings. The van der Waals surface area contributed by atoms with Crippen molar-refractivity contribution in [1.82, 2.24) is 15.0 Å². The smallest absolute Gasteiger partial charge is 0.339 e. The van der Waals surface area contributed by atoms with Gasteiger partial charge < -0.3 is 21.1 Å².